The van der Waals surface area contributed by atoms with Gasteiger partial charge >= 0.3 is 6.18 Å². The smallest absolute Gasteiger partial charge is 0.422 e. The van der Waals surface area contributed by atoms with Crippen LogP contribution < -0.4 is 10.3 Å². The highest BCUT2D eigenvalue weighted by Crippen LogP contribution is 2.51. The van der Waals surface area contributed by atoms with Gasteiger partial charge in [-0.15, -0.1) is 0 Å². The summed E-state index contributed by atoms with van der Waals surface area (Å²) in [5, 5.41) is 11.9. The fourth-order valence-electron chi connectivity index (χ4n) is 5.10. The van der Waals surface area contributed by atoms with Gasteiger partial charge in [0.15, 0.2) is 5.60 Å². The first kappa shape index (κ1) is 25.3. The van der Waals surface area contributed by atoms with Crippen LogP contribution in [0.2, 0.25) is 5.02 Å². The van der Waals surface area contributed by atoms with E-state index in [0.717, 1.165) is 19.3 Å². The van der Waals surface area contributed by atoms with Crippen molar-refractivity contribution in [1.29, 1.82) is 0 Å². The van der Waals surface area contributed by atoms with Crippen molar-refractivity contribution in [2.45, 2.75) is 55.7 Å². The lowest BCUT2D eigenvalue weighted by molar-refractivity contribution is -0.236. The Morgan fingerprint density at radius 1 is 1.11 bits per heavy atom. The third-order valence-electron chi connectivity index (χ3n) is 6.81. The Bertz CT molecular complexity index is 1300. The monoisotopic (exact) mass is 506 g/mol. The number of para-hydroxylation sites is 1. The number of hydrogen-bond acceptors (Lipinski definition) is 4. The molecule has 0 radical (unpaired) electrons. The second-order valence-corrected chi connectivity index (χ2v) is 9.49. The number of aliphatic imine (C=N–C) groups is 1. The Morgan fingerprint density at radius 3 is 2.51 bits per heavy atom. The Morgan fingerprint density at radius 2 is 1.83 bits per heavy atom. The van der Waals surface area contributed by atoms with Crippen molar-refractivity contribution in [1.82, 2.24) is 4.98 Å². The highest BCUT2D eigenvalue weighted by Gasteiger charge is 2.57. The van der Waals surface area contributed by atoms with E-state index < -0.39 is 23.6 Å². The molecular formula is C26H26ClF3N2O3. The molecule has 5 nitrogen and oxygen atoms in total. The number of aromatic amines is 1. The van der Waals surface area contributed by atoms with Crippen LogP contribution in [0.4, 0.5) is 18.9 Å². The minimum absolute atomic E-state index is 0.208. The van der Waals surface area contributed by atoms with Crippen LogP contribution in [0.25, 0.3) is 10.9 Å². The topological polar surface area (TPSA) is 74.7 Å². The van der Waals surface area contributed by atoms with Crippen molar-refractivity contribution < 1.29 is 23.0 Å². The number of rotatable bonds is 6. The van der Waals surface area contributed by atoms with E-state index in [9.17, 15) is 23.1 Å². The maximum atomic E-state index is 14.4. The van der Waals surface area contributed by atoms with Crippen LogP contribution in [0.3, 0.4) is 0 Å². The number of alkyl halides is 3. The number of halogens is 4. The Kier molecular flexibility index (Phi) is 6.97. The first-order valence-electron chi connectivity index (χ1n) is 11.4. The number of methoxy groups -OCH3 is 1. The van der Waals surface area contributed by atoms with Crippen LogP contribution in [0.15, 0.2) is 58.3 Å². The zero-order valence-electron chi connectivity index (χ0n) is 19.2. The van der Waals surface area contributed by atoms with Crippen molar-refractivity contribution in [3.05, 3.63) is 69.5 Å². The van der Waals surface area contributed by atoms with Crippen LogP contribution in [-0.2, 0) is 5.41 Å². The summed E-state index contributed by atoms with van der Waals surface area (Å²) < 4.78 is 48.8. The number of aromatic nitrogens is 1. The summed E-state index contributed by atoms with van der Waals surface area (Å²) in [5.41, 5.74) is -3.34. The van der Waals surface area contributed by atoms with E-state index >= 15 is 0 Å². The number of fused-ring (bicyclic) bond motifs is 1. The fourth-order valence-corrected chi connectivity index (χ4v) is 5.35. The lowest BCUT2D eigenvalue weighted by atomic mass is 9.64. The van der Waals surface area contributed by atoms with Crippen LogP contribution in [0.1, 0.15) is 44.1 Å². The highest BCUT2D eigenvalue weighted by atomic mass is 35.5. The summed E-state index contributed by atoms with van der Waals surface area (Å²) >= 11 is 6.32. The molecule has 1 fully saturated rings. The molecule has 1 aliphatic carbocycles. The molecule has 4 rings (SSSR count). The summed E-state index contributed by atoms with van der Waals surface area (Å²) in [6.07, 6.45) is -1.78. The lowest BCUT2D eigenvalue weighted by Gasteiger charge is -2.43. The van der Waals surface area contributed by atoms with Gasteiger partial charge in [0.25, 0.3) is 0 Å². The van der Waals surface area contributed by atoms with Gasteiger partial charge in [0, 0.05) is 35.1 Å². The molecule has 2 aromatic carbocycles. The predicted molar refractivity (Wildman–Crippen MR) is 131 cm³/mol. The molecule has 1 heterocycles. The number of H-pyrrole nitrogens is 1. The zero-order chi connectivity index (χ0) is 25.3. The largest absolute Gasteiger partial charge is 0.495 e. The third kappa shape index (κ3) is 4.95. The van der Waals surface area contributed by atoms with E-state index in [2.05, 4.69) is 9.98 Å². The Balaban J connectivity index is 1.81. The maximum absolute atomic E-state index is 14.4. The van der Waals surface area contributed by atoms with E-state index in [-0.39, 0.29) is 11.2 Å². The molecule has 1 saturated carbocycles. The summed E-state index contributed by atoms with van der Waals surface area (Å²) in [7, 11) is 1.43. The van der Waals surface area contributed by atoms with E-state index in [1.165, 1.54) is 25.3 Å². The average Bonchev–Trinajstić information content (AvgIpc) is 2.82. The second kappa shape index (κ2) is 9.66. The first-order chi connectivity index (χ1) is 16.6. The van der Waals surface area contributed by atoms with Gasteiger partial charge in [0.05, 0.1) is 23.3 Å². The number of pyridine rings is 1. The number of aliphatic hydroxyl groups is 1. The van der Waals surface area contributed by atoms with Crippen LogP contribution in [0, 0.1) is 0 Å². The molecule has 1 unspecified atom stereocenters. The summed E-state index contributed by atoms with van der Waals surface area (Å²) in [4.78, 5) is 18.3. The average molecular weight is 507 g/mol. The Labute approximate surface area is 205 Å². The predicted octanol–water partition coefficient (Wildman–Crippen LogP) is 6.48. The quantitative estimate of drug-likeness (QED) is 0.376. The molecule has 9 heteroatoms. The molecule has 0 aliphatic heterocycles. The van der Waals surface area contributed by atoms with Gasteiger partial charge in [-0.2, -0.15) is 13.2 Å². The van der Waals surface area contributed by atoms with Crippen molar-refractivity contribution in [2.75, 3.05) is 7.11 Å². The van der Waals surface area contributed by atoms with E-state index in [4.69, 9.17) is 16.3 Å². The third-order valence-corrected chi connectivity index (χ3v) is 7.11. The molecule has 35 heavy (non-hydrogen) atoms. The van der Waals surface area contributed by atoms with Gasteiger partial charge in [0.1, 0.15) is 5.75 Å². The molecule has 0 amide bonds. The van der Waals surface area contributed by atoms with Crippen molar-refractivity contribution >= 4 is 34.4 Å². The molecule has 1 aromatic heterocycles. The molecule has 0 spiro atoms. The summed E-state index contributed by atoms with van der Waals surface area (Å²) in [6, 6.07) is 12.6. The highest BCUT2D eigenvalue weighted by molar-refractivity contribution is 6.32. The van der Waals surface area contributed by atoms with Gasteiger partial charge in [0.2, 0.25) is 5.56 Å². The zero-order valence-corrected chi connectivity index (χ0v) is 19.9. The van der Waals surface area contributed by atoms with Crippen molar-refractivity contribution in [3.8, 4) is 5.75 Å². The van der Waals surface area contributed by atoms with E-state index in [1.807, 2.05) is 0 Å². The molecule has 3 aromatic rings. The SMILES string of the molecule is COc1c(Cl)cccc1C1(CC(O)(/C=N\c2cccc3[nH]c(=O)ccc23)C(F)(F)F)CCCCC1. The molecule has 0 bridgehead atoms. The Hall–Kier alpha value is -2.84. The molecule has 186 valence electrons. The lowest BCUT2D eigenvalue weighted by Crippen LogP contribution is -2.52. The second-order valence-electron chi connectivity index (χ2n) is 9.08. The summed E-state index contributed by atoms with van der Waals surface area (Å²) in [5.74, 6) is 0.329. The molecule has 0 saturated heterocycles. The van der Waals surface area contributed by atoms with Crippen LogP contribution in [0.5, 0.6) is 5.75 Å². The first-order valence-corrected chi connectivity index (χ1v) is 11.8. The van der Waals surface area contributed by atoms with E-state index in [0.29, 0.717) is 46.3 Å². The van der Waals surface area contributed by atoms with Crippen LogP contribution >= 0.6 is 11.6 Å². The molecular weight excluding hydrogens is 481 g/mol. The fraction of sp³-hybridized carbons (Fsp3) is 0.385. The number of benzene rings is 2. The van der Waals surface area contributed by atoms with Gasteiger partial charge in [-0.3, -0.25) is 9.79 Å². The molecule has 1 aliphatic rings. The van der Waals surface area contributed by atoms with Gasteiger partial charge in [-0.1, -0.05) is 49.1 Å². The van der Waals surface area contributed by atoms with Crippen LogP contribution in [-0.4, -0.2) is 35.2 Å². The van der Waals surface area contributed by atoms with Crippen molar-refractivity contribution in [3.63, 3.8) is 0 Å². The van der Waals surface area contributed by atoms with Gasteiger partial charge in [-0.25, -0.2) is 0 Å². The standard InChI is InChI=1S/C26H26ClF3N2O3/c1-35-23-18(7-5-8-19(23)27)24(13-3-2-4-14-24)15-25(34,26(28,29)30)16-31-20-9-6-10-21-17(20)11-12-22(33)32-21/h5-12,16,34H,2-4,13-15H2,1H3,(H,32,33)/b31-16-. The van der Waals surface area contributed by atoms with Gasteiger partial charge in [-0.05, 0) is 37.1 Å². The van der Waals surface area contributed by atoms with Gasteiger partial charge < -0.3 is 14.8 Å². The summed E-state index contributed by atoms with van der Waals surface area (Å²) in [6.45, 7) is 0. The molecule has 2 N–H and O–H groups in total. The number of nitrogens with one attached hydrogen (secondary N) is 1. The number of hydrogen-bond donors (Lipinski definition) is 2. The number of nitrogens with zero attached hydrogens (tertiary/aromatic N) is 1. The maximum Gasteiger partial charge on any atom is 0.422 e. The minimum atomic E-state index is -4.98. The molecule has 1 atom stereocenters. The van der Waals surface area contributed by atoms with E-state index in [1.54, 1.807) is 30.3 Å². The minimum Gasteiger partial charge on any atom is -0.495 e. The normalized spacial score (nSPS) is 18.0. The van der Waals surface area contributed by atoms with Crippen molar-refractivity contribution in [2.24, 2.45) is 4.99 Å². The number of ether oxygens (including phenoxy) is 1.